The predicted octanol–water partition coefficient (Wildman–Crippen LogP) is 1.04. The van der Waals surface area contributed by atoms with Gasteiger partial charge in [0.2, 0.25) is 0 Å². The molecule has 1 N–H and O–H groups in total. The molecule has 0 saturated carbocycles. The van der Waals surface area contributed by atoms with Gasteiger partial charge in [-0.1, -0.05) is 0 Å². The molecule has 0 fully saturated rings. The first-order chi connectivity index (χ1) is 8.22. The molecule has 1 aromatic heterocycles. The van der Waals surface area contributed by atoms with Crippen LogP contribution in [0.5, 0.6) is 11.5 Å². The molecule has 0 bridgehead atoms. The zero-order valence-electron chi connectivity index (χ0n) is 10.5. The molecule has 0 saturated heterocycles. The molecule has 0 aromatic carbocycles. The van der Waals surface area contributed by atoms with E-state index in [4.69, 9.17) is 14.2 Å². The summed E-state index contributed by atoms with van der Waals surface area (Å²) >= 11 is 0. The second kappa shape index (κ2) is 7.09. The second-order valence-corrected chi connectivity index (χ2v) is 3.64. The highest BCUT2D eigenvalue weighted by molar-refractivity contribution is 5.42. The minimum atomic E-state index is -0.488. The molecule has 1 rings (SSSR count). The predicted molar refractivity (Wildman–Crippen MR) is 63.5 cm³/mol. The van der Waals surface area contributed by atoms with Gasteiger partial charge >= 0.3 is 0 Å². The van der Waals surface area contributed by atoms with Gasteiger partial charge in [-0.15, -0.1) is 0 Å². The van der Waals surface area contributed by atoms with E-state index in [0.29, 0.717) is 30.9 Å². The zero-order valence-corrected chi connectivity index (χ0v) is 10.5. The van der Waals surface area contributed by atoms with E-state index in [2.05, 4.69) is 4.98 Å². The Morgan fingerprint density at radius 1 is 1.29 bits per heavy atom. The molecule has 1 heterocycles. The van der Waals surface area contributed by atoms with Gasteiger partial charge in [-0.05, 0) is 12.8 Å². The van der Waals surface area contributed by atoms with Gasteiger partial charge < -0.3 is 19.3 Å². The number of aryl methyl sites for hydroxylation is 1. The maximum absolute atomic E-state index is 9.58. The topological polar surface area (TPSA) is 60.8 Å². The monoisotopic (exact) mass is 241 g/mol. The van der Waals surface area contributed by atoms with Crippen molar-refractivity contribution in [2.45, 2.75) is 18.9 Å². The summed E-state index contributed by atoms with van der Waals surface area (Å²) < 4.78 is 15.3. The third-order valence-electron chi connectivity index (χ3n) is 2.44. The summed E-state index contributed by atoms with van der Waals surface area (Å²) in [5.74, 6) is 1.28. The lowest BCUT2D eigenvalue weighted by molar-refractivity contribution is 0.0592. The van der Waals surface area contributed by atoms with Gasteiger partial charge in [0, 0.05) is 19.4 Å². The molecule has 17 heavy (non-hydrogen) atoms. The number of hydrogen-bond donors (Lipinski definition) is 1. The Morgan fingerprint density at radius 3 is 2.65 bits per heavy atom. The van der Waals surface area contributed by atoms with Crippen molar-refractivity contribution >= 4 is 0 Å². The fourth-order valence-corrected chi connectivity index (χ4v) is 1.61. The Morgan fingerprint density at radius 2 is 2.06 bits per heavy atom. The SMILES string of the molecule is COCC(O)CCc1nccc(OC)c1OC. The number of ether oxygens (including phenoxy) is 3. The van der Waals surface area contributed by atoms with Crippen LogP contribution in [0.2, 0.25) is 0 Å². The van der Waals surface area contributed by atoms with Crippen LogP contribution in [0.1, 0.15) is 12.1 Å². The first-order valence-corrected chi connectivity index (χ1v) is 5.45. The summed E-state index contributed by atoms with van der Waals surface area (Å²) in [5.41, 5.74) is 0.780. The van der Waals surface area contributed by atoms with Crippen LogP contribution in [0, 0.1) is 0 Å². The van der Waals surface area contributed by atoms with E-state index in [-0.39, 0.29) is 0 Å². The molecule has 0 aliphatic carbocycles. The summed E-state index contributed by atoms with van der Waals surface area (Å²) in [4.78, 5) is 4.23. The van der Waals surface area contributed by atoms with E-state index in [0.717, 1.165) is 5.69 Å². The highest BCUT2D eigenvalue weighted by Crippen LogP contribution is 2.29. The van der Waals surface area contributed by atoms with Gasteiger partial charge in [0.1, 0.15) is 0 Å². The maximum Gasteiger partial charge on any atom is 0.182 e. The molecule has 0 aliphatic heterocycles. The van der Waals surface area contributed by atoms with Crippen molar-refractivity contribution in [3.05, 3.63) is 18.0 Å². The van der Waals surface area contributed by atoms with E-state index < -0.39 is 6.10 Å². The molecule has 1 unspecified atom stereocenters. The summed E-state index contributed by atoms with van der Waals surface area (Å²) in [5, 5.41) is 9.58. The number of nitrogens with zero attached hydrogens (tertiary/aromatic N) is 1. The van der Waals surface area contributed by atoms with Gasteiger partial charge in [0.15, 0.2) is 11.5 Å². The third-order valence-corrected chi connectivity index (χ3v) is 2.44. The van der Waals surface area contributed by atoms with Crippen LogP contribution in [0.25, 0.3) is 0 Å². The zero-order chi connectivity index (χ0) is 12.7. The molecule has 0 aliphatic rings. The second-order valence-electron chi connectivity index (χ2n) is 3.64. The fourth-order valence-electron chi connectivity index (χ4n) is 1.61. The van der Waals surface area contributed by atoms with Crippen molar-refractivity contribution in [3.63, 3.8) is 0 Å². The van der Waals surface area contributed by atoms with Gasteiger partial charge in [0.25, 0.3) is 0 Å². The van der Waals surface area contributed by atoms with Crippen LogP contribution in [0.15, 0.2) is 12.3 Å². The smallest absolute Gasteiger partial charge is 0.182 e. The Hall–Kier alpha value is -1.33. The molecule has 5 nitrogen and oxygen atoms in total. The molecular formula is C12H19NO4. The highest BCUT2D eigenvalue weighted by atomic mass is 16.5. The van der Waals surface area contributed by atoms with Gasteiger partial charge in [-0.3, -0.25) is 4.98 Å². The number of methoxy groups -OCH3 is 3. The molecule has 0 radical (unpaired) electrons. The third kappa shape index (κ3) is 3.87. The van der Waals surface area contributed by atoms with Crippen molar-refractivity contribution in [2.75, 3.05) is 27.9 Å². The molecule has 96 valence electrons. The lowest BCUT2D eigenvalue weighted by Gasteiger charge is -2.13. The standard InChI is InChI=1S/C12H19NO4/c1-15-8-9(14)4-5-10-12(17-3)11(16-2)6-7-13-10/h6-7,9,14H,4-5,8H2,1-3H3. The number of rotatable bonds is 7. The van der Waals surface area contributed by atoms with Crippen LogP contribution in [-0.2, 0) is 11.2 Å². The molecule has 0 spiro atoms. The van der Waals surface area contributed by atoms with Crippen molar-refractivity contribution < 1.29 is 19.3 Å². The highest BCUT2D eigenvalue weighted by Gasteiger charge is 2.12. The van der Waals surface area contributed by atoms with Crippen molar-refractivity contribution in [2.24, 2.45) is 0 Å². The van der Waals surface area contributed by atoms with E-state index in [9.17, 15) is 5.11 Å². The largest absolute Gasteiger partial charge is 0.493 e. The summed E-state index contributed by atoms with van der Waals surface area (Å²) in [6.45, 7) is 0.326. The van der Waals surface area contributed by atoms with E-state index in [1.807, 2.05) is 0 Å². The van der Waals surface area contributed by atoms with Crippen LogP contribution in [0.3, 0.4) is 0 Å². The fraction of sp³-hybridized carbons (Fsp3) is 0.583. The quantitative estimate of drug-likeness (QED) is 0.772. The minimum absolute atomic E-state index is 0.326. The molecule has 1 aromatic rings. The van der Waals surface area contributed by atoms with Gasteiger partial charge in [-0.25, -0.2) is 0 Å². The van der Waals surface area contributed by atoms with Crippen molar-refractivity contribution in [3.8, 4) is 11.5 Å². The van der Waals surface area contributed by atoms with Crippen LogP contribution in [0.4, 0.5) is 0 Å². The van der Waals surface area contributed by atoms with Crippen molar-refractivity contribution in [1.82, 2.24) is 4.98 Å². The minimum Gasteiger partial charge on any atom is -0.493 e. The Kier molecular flexibility index (Phi) is 5.72. The Bertz CT molecular complexity index is 343. The number of aliphatic hydroxyl groups excluding tert-OH is 1. The maximum atomic E-state index is 9.58. The first kappa shape index (κ1) is 13.7. The Balaban J connectivity index is 2.70. The number of aromatic nitrogens is 1. The van der Waals surface area contributed by atoms with E-state index in [1.54, 1.807) is 33.6 Å². The van der Waals surface area contributed by atoms with Crippen LogP contribution < -0.4 is 9.47 Å². The van der Waals surface area contributed by atoms with Crippen LogP contribution >= 0.6 is 0 Å². The first-order valence-electron chi connectivity index (χ1n) is 5.45. The average molecular weight is 241 g/mol. The van der Waals surface area contributed by atoms with E-state index in [1.165, 1.54) is 0 Å². The number of hydrogen-bond acceptors (Lipinski definition) is 5. The normalized spacial score (nSPS) is 12.2. The summed E-state index contributed by atoms with van der Waals surface area (Å²) in [7, 11) is 4.73. The average Bonchev–Trinajstić information content (AvgIpc) is 2.36. The molecule has 5 heteroatoms. The molecule has 1 atom stereocenters. The van der Waals surface area contributed by atoms with Gasteiger partial charge in [-0.2, -0.15) is 0 Å². The Labute approximate surface area is 101 Å². The lowest BCUT2D eigenvalue weighted by atomic mass is 10.1. The van der Waals surface area contributed by atoms with Gasteiger partial charge in [0.05, 0.1) is 32.6 Å². The number of pyridine rings is 1. The van der Waals surface area contributed by atoms with Crippen LogP contribution in [-0.4, -0.2) is 44.1 Å². The van der Waals surface area contributed by atoms with E-state index >= 15 is 0 Å². The molecule has 0 amide bonds. The number of aliphatic hydroxyl groups is 1. The lowest BCUT2D eigenvalue weighted by Crippen LogP contribution is -2.15. The summed E-state index contributed by atoms with van der Waals surface area (Å²) in [6.07, 6.45) is 2.37. The summed E-state index contributed by atoms with van der Waals surface area (Å²) in [6, 6.07) is 1.74. The van der Waals surface area contributed by atoms with Crippen molar-refractivity contribution in [1.29, 1.82) is 0 Å². The molecular weight excluding hydrogens is 222 g/mol.